The Kier molecular flexibility index (Phi) is 6.82. The summed E-state index contributed by atoms with van der Waals surface area (Å²) < 4.78 is 2.24. The van der Waals surface area contributed by atoms with E-state index in [0.717, 1.165) is 46.3 Å². The van der Waals surface area contributed by atoms with E-state index in [1.807, 2.05) is 6.08 Å². The second-order valence-electron chi connectivity index (χ2n) is 7.80. The number of allylic oxidation sites excluding steroid dienone is 1. The second kappa shape index (κ2) is 9.72. The first-order valence-corrected chi connectivity index (χ1v) is 12.3. The van der Waals surface area contributed by atoms with E-state index in [1.165, 1.54) is 43.2 Å². The Bertz CT molecular complexity index is 936. The zero-order valence-corrected chi connectivity index (χ0v) is 18.6. The van der Waals surface area contributed by atoms with Crippen molar-refractivity contribution < 1.29 is 0 Å². The molecule has 0 unspecified atom stereocenters. The van der Waals surface area contributed by atoms with Crippen LogP contribution < -0.4 is 0 Å². The number of rotatable bonds is 8. The van der Waals surface area contributed by atoms with Gasteiger partial charge in [-0.15, -0.1) is 28.1 Å². The fraction of sp³-hybridized carbons (Fsp3) is 0.435. The van der Waals surface area contributed by atoms with Crippen molar-refractivity contribution in [2.75, 3.05) is 0 Å². The number of hydrogen-bond acceptors (Lipinski definition) is 5. The lowest BCUT2D eigenvalue weighted by Crippen LogP contribution is -2.13. The standard InChI is InChI=1S/C23H28N4S2/c1-3-13-27-21(14-18-7-5-4-6-8-18)25-26-23(27)29-16-20-15-28-22(24-20)19-11-9-17(2)10-12-19/h3,9-12,15,18H,1,4-8,13-14,16H2,2H3. The zero-order chi connectivity index (χ0) is 20.1. The molecule has 3 aromatic rings. The number of hydrogen-bond donors (Lipinski definition) is 0. The van der Waals surface area contributed by atoms with E-state index in [0.29, 0.717) is 0 Å². The normalized spacial score (nSPS) is 14.9. The smallest absolute Gasteiger partial charge is 0.191 e. The Morgan fingerprint density at radius 2 is 1.97 bits per heavy atom. The Labute approximate surface area is 181 Å². The first-order valence-electron chi connectivity index (χ1n) is 10.4. The molecule has 1 aliphatic carbocycles. The molecular formula is C23H28N4S2. The van der Waals surface area contributed by atoms with E-state index < -0.39 is 0 Å². The number of aryl methyl sites for hydroxylation is 1. The van der Waals surface area contributed by atoms with Gasteiger partial charge in [-0.2, -0.15) is 0 Å². The molecule has 4 rings (SSSR count). The largest absolute Gasteiger partial charge is 0.302 e. The van der Waals surface area contributed by atoms with Crippen molar-refractivity contribution in [3.05, 3.63) is 59.4 Å². The molecule has 152 valence electrons. The molecule has 1 fully saturated rings. The number of nitrogens with zero attached hydrogens (tertiary/aromatic N) is 4. The lowest BCUT2D eigenvalue weighted by Gasteiger charge is -2.21. The van der Waals surface area contributed by atoms with Crippen LogP contribution in [0.4, 0.5) is 0 Å². The molecule has 0 spiro atoms. The van der Waals surface area contributed by atoms with Gasteiger partial charge in [0.1, 0.15) is 10.8 Å². The summed E-state index contributed by atoms with van der Waals surface area (Å²) in [6, 6.07) is 8.56. The fourth-order valence-corrected chi connectivity index (χ4v) is 5.67. The van der Waals surface area contributed by atoms with Crippen LogP contribution >= 0.6 is 23.1 Å². The summed E-state index contributed by atoms with van der Waals surface area (Å²) in [5.41, 5.74) is 3.55. The summed E-state index contributed by atoms with van der Waals surface area (Å²) in [5.74, 6) is 2.67. The highest BCUT2D eigenvalue weighted by Crippen LogP contribution is 2.30. The van der Waals surface area contributed by atoms with Gasteiger partial charge >= 0.3 is 0 Å². The highest BCUT2D eigenvalue weighted by molar-refractivity contribution is 7.98. The van der Waals surface area contributed by atoms with Crippen molar-refractivity contribution in [2.45, 2.75) is 62.9 Å². The lowest BCUT2D eigenvalue weighted by molar-refractivity contribution is 0.347. The van der Waals surface area contributed by atoms with Crippen LogP contribution in [0.25, 0.3) is 10.6 Å². The Morgan fingerprint density at radius 3 is 2.72 bits per heavy atom. The molecule has 6 heteroatoms. The minimum atomic E-state index is 0.755. The van der Waals surface area contributed by atoms with Gasteiger partial charge in [-0.1, -0.05) is 79.8 Å². The number of thioether (sulfide) groups is 1. The maximum atomic E-state index is 4.82. The van der Waals surface area contributed by atoms with Crippen LogP contribution in [-0.4, -0.2) is 19.7 Å². The maximum absolute atomic E-state index is 4.82. The molecule has 1 aliphatic rings. The lowest BCUT2D eigenvalue weighted by atomic mass is 9.87. The van der Waals surface area contributed by atoms with Crippen molar-refractivity contribution in [3.63, 3.8) is 0 Å². The summed E-state index contributed by atoms with van der Waals surface area (Å²) >= 11 is 3.42. The molecule has 1 saturated carbocycles. The Hall–Kier alpha value is -1.92. The van der Waals surface area contributed by atoms with Crippen LogP contribution in [0, 0.1) is 12.8 Å². The molecule has 0 atom stereocenters. The zero-order valence-electron chi connectivity index (χ0n) is 17.0. The molecule has 0 amide bonds. The predicted octanol–water partition coefficient (Wildman–Crippen LogP) is 6.31. The molecule has 2 heterocycles. The van der Waals surface area contributed by atoms with Gasteiger partial charge in [0.15, 0.2) is 5.16 Å². The van der Waals surface area contributed by atoms with Crippen molar-refractivity contribution in [2.24, 2.45) is 5.92 Å². The van der Waals surface area contributed by atoms with Crippen molar-refractivity contribution in [3.8, 4) is 10.6 Å². The Balaban J connectivity index is 1.42. The molecule has 1 aromatic carbocycles. The van der Waals surface area contributed by atoms with Crippen molar-refractivity contribution >= 4 is 23.1 Å². The highest BCUT2D eigenvalue weighted by atomic mass is 32.2. The summed E-state index contributed by atoms with van der Waals surface area (Å²) in [7, 11) is 0. The molecule has 0 aliphatic heterocycles. The number of thiazole rings is 1. The highest BCUT2D eigenvalue weighted by Gasteiger charge is 2.19. The van der Waals surface area contributed by atoms with Crippen LogP contribution in [0.15, 0.2) is 47.5 Å². The minimum Gasteiger partial charge on any atom is -0.302 e. The molecular weight excluding hydrogens is 396 g/mol. The molecule has 2 aromatic heterocycles. The van der Waals surface area contributed by atoms with Gasteiger partial charge in [-0.25, -0.2) is 4.98 Å². The van der Waals surface area contributed by atoms with Crippen LogP contribution in [0.5, 0.6) is 0 Å². The third-order valence-electron chi connectivity index (χ3n) is 5.50. The van der Waals surface area contributed by atoms with Gasteiger partial charge in [0.2, 0.25) is 0 Å². The van der Waals surface area contributed by atoms with E-state index in [1.54, 1.807) is 23.1 Å². The van der Waals surface area contributed by atoms with Gasteiger partial charge in [0.05, 0.1) is 5.69 Å². The molecule has 29 heavy (non-hydrogen) atoms. The van der Waals surface area contributed by atoms with Gasteiger partial charge in [0, 0.05) is 29.7 Å². The van der Waals surface area contributed by atoms with E-state index >= 15 is 0 Å². The number of benzene rings is 1. The summed E-state index contributed by atoms with van der Waals surface area (Å²) in [4.78, 5) is 4.82. The van der Waals surface area contributed by atoms with E-state index in [2.05, 4.69) is 57.9 Å². The van der Waals surface area contributed by atoms with Crippen molar-refractivity contribution in [1.82, 2.24) is 19.7 Å². The van der Waals surface area contributed by atoms with Crippen molar-refractivity contribution in [1.29, 1.82) is 0 Å². The second-order valence-corrected chi connectivity index (χ2v) is 9.61. The van der Waals surface area contributed by atoms with Crippen LogP contribution in [0.2, 0.25) is 0 Å². The number of aromatic nitrogens is 4. The summed E-state index contributed by atoms with van der Waals surface area (Å²) in [5, 5.41) is 13.2. The minimum absolute atomic E-state index is 0.755. The third-order valence-corrected chi connectivity index (χ3v) is 7.44. The van der Waals surface area contributed by atoms with Gasteiger partial charge < -0.3 is 4.57 Å². The van der Waals surface area contributed by atoms with Gasteiger partial charge in [-0.3, -0.25) is 0 Å². The van der Waals surface area contributed by atoms with Gasteiger partial charge in [-0.05, 0) is 12.8 Å². The first-order chi connectivity index (χ1) is 14.2. The van der Waals surface area contributed by atoms with Gasteiger partial charge in [0.25, 0.3) is 0 Å². The van der Waals surface area contributed by atoms with Crippen LogP contribution in [-0.2, 0) is 18.7 Å². The molecule has 0 radical (unpaired) electrons. The molecule has 0 saturated heterocycles. The monoisotopic (exact) mass is 424 g/mol. The maximum Gasteiger partial charge on any atom is 0.191 e. The molecule has 0 bridgehead atoms. The topological polar surface area (TPSA) is 43.6 Å². The Morgan fingerprint density at radius 1 is 1.17 bits per heavy atom. The predicted molar refractivity (Wildman–Crippen MR) is 122 cm³/mol. The third kappa shape index (κ3) is 5.17. The molecule has 4 nitrogen and oxygen atoms in total. The van der Waals surface area contributed by atoms with E-state index in [9.17, 15) is 0 Å². The first kappa shape index (κ1) is 20.4. The van der Waals surface area contributed by atoms with E-state index in [-0.39, 0.29) is 0 Å². The molecule has 0 N–H and O–H groups in total. The SMILES string of the molecule is C=CCn1c(CC2CCCCC2)nnc1SCc1csc(-c2ccc(C)cc2)n1. The average molecular weight is 425 g/mol. The van der Waals surface area contributed by atoms with Crippen LogP contribution in [0.3, 0.4) is 0 Å². The fourth-order valence-electron chi connectivity index (χ4n) is 3.88. The quantitative estimate of drug-likeness (QED) is 0.314. The average Bonchev–Trinajstić information content (AvgIpc) is 3.36. The van der Waals surface area contributed by atoms with E-state index in [4.69, 9.17) is 4.98 Å². The summed E-state index contributed by atoms with van der Waals surface area (Å²) in [6.45, 7) is 6.80. The van der Waals surface area contributed by atoms with Crippen LogP contribution in [0.1, 0.15) is 49.2 Å². The summed E-state index contributed by atoms with van der Waals surface area (Å²) in [6.07, 6.45) is 9.72.